The topological polar surface area (TPSA) is 163 Å². The summed E-state index contributed by atoms with van der Waals surface area (Å²) < 4.78 is 17.2. The Morgan fingerprint density at radius 2 is 1.27 bits per heavy atom. The SMILES string of the molecule is N.N.O=P1(O)OOOOOO1. The highest BCUT2D eigenvalue weighted by Crippen LogP contribution is 2.44. The van der Waals surface area contributed by atoms with Gasteiger partial charge < -0.3 is 12.3 Å². The molecule has 0 aliphatic carbocycles. The van der Waals surface area contributed by atoms with Crippen molar-refractivity contribution in [1.29, 1.82) is 0 Å². The molecule has 10 nitrogen and oxygen atoms in total. The number of rotatable bonds is 0. The Hall–Kier alpha value is -0.130. The molecular formula is H7N2O8P. The van der Waals surface area contributed by atoms with Gasteiger partial charge in [0.1, 0.15) is 0 Å². The average molecular weight is 194 g/mol. The predicted octanol–water partition coefficient (Wildman–Crippen LogP) is 0.0990. The van der Waals surface area contributed by atoms with Gasteiger partial charge in [-0.1, -0.05) is 9.35 Å². The molecule has 0 bridgehead atoms. The van der Waals surface area contributed by atoms with E-state index in [1.807, 2.05) is 0 Å². The van der Waals surface area contributed by atoms with Gasteiger partial charge >= 0.3 is 7.82 Å². The van der Waals surface area contributed by atoms with Gasteiger partial charge in [0.15, 0.2) is 0 Å². The number of phosphoric acid groups is 1. The molecule has 70 valence electrons. The maximum atomic E-state index is 10.2. The molecule has 1 rings (SSSR count). The van der Waals surface area contributed by atoms with Crippen LogP contribution in [-0.4, -0.2) is 4.89 Å². The van der Waals surface area contributed by atoms with E-state index in [2.05, 4.69) is 29.5 Å². The highest BCUT2D eigenvalue weighted by Gasteiger charge is 2.29. The third-order valence-electron chi connectivity index (χ3n) is 0.333. The van der Waals surface area contributed by atoms with Crippen molar-refractivity contribution in [3.8, 4) is 0 Å². The number of hydrogen-bond acceptors (Lipinski definition) is 9. The van der Waals surface area contributed by atoms with Gasteiger partial charge in [-0.05, 0) is 20.2 Å². The molecule has 0 aromatic heterocycles. The molecule has 0 atom stereocenters. The van der Waals surface area contributed by atoms with E-state index in [-0.39, 0.29) is 12.3 Å². The fourth-order valence-electron chi connectivity index (χ4n) is 0.137. The summed E-state index contributed by atoms with van der Waals surface area (Å²) in [6, 6.07) is 0. The minimum absolute atomic E-state index is 0. The van der Waals surface area contributed by atoms with E-state index in [4.69, 9.17) is 4.89 Å². The van der Waals surface area contributed by atoms with Gasteiger partial charge in [-0.2, -0.15) is 0 Å². The molecule has 0 amide bonds. The van der Waals surface area contributed by atoms with Crippen LogP contribution < -0.4 is 12.3 Å². The zero-order valence-electron chi connectivity index (χ0n) is 5.17. The van der Waals surface area contributed by atoms with Crippen LogP contribution in [0.5, 0.6) is 0 Å². The monoisotopic (exact) mass is 194 g/mol. The molecule has 11 heavy (non-hydrogen) atoms. The van der Waals surface area contributed by atoms with Crippen LogP contribution >= 0.6 is 7.82 Å². The van der Waals surface area contributed by atoms with Crippen molar-refractivity contribution in [2.75, 3.05) is 0 Å². The highest BCUT2D eigenvalue weighted by atomic mass is 31.2. The Kier molecular flexibility index (Phi) is 6.74. The third kappa shape index (κ3) is 5.17. The summed E-state index contributed by atoms with van der Waals surface area (Å²) in [5.41, 5.74) is 0. The van der Waals surface area contributed by atoms with Gasteiger partial charge in [0.05, 0.1) is 0 Å². The average Bonchev–Trinajstić information content (AvgIpc) is 1.92. The van der Waals surface area contributed by atoms with Crippen molar-refractivity contribution in [2.24, 2.45) is 0 Å². The van der Waals surface area contributed by atoms with E-state index in [1.54, 1.807) is 0 Å². The van der Waals surface area contributed by atoms with Gasteiger partial charge in [0.2, 0.25) is 0 Å². The van der Waals surface area contributed by atoms with Crippen molar-refractivity contribution in [1.82, 2.24) is 12.3 Å². The minimum Gasteiger partial charge on any atom is -0.344 e. The molecule has 0 saturated carbocycles. The smallest absolute Gasteiger partial charge is 0.344 e. The molecule has 1 aliphatic heterocycles. The van der Waals surface area contributed by atoms with Crippen LogP contribution in [0.25, 0.3) is 0 Å². The van der Waals surface area contributed by atoms with Crippen LogP contribution in [0, 0.1) is 0 Å². The lowest BCUT2D eigenvalue weighted by Gasteiger charge is -1.96. The first-order chi connectivity index (χ1) is 4.21. The molecule has 1 heterocycles. The Labute approximate surface area is 60.3 Å². The summed E-state index contributed by atoms with van der Waals surface area (Å²) in [7, 11) is -4.32. The largest absolute Gasteiger partial charge is 0.531 e. The first-order valence-electron chi connectivity index (χ1n) is 1.58. The first-order valence-corrected chi connectivity index (χ1v) is 3.08. The lowest BCUT2D eigenvalue weighted by atomic mass is 14.0. The quantitative estimate of drug-likeness (QED) is 0.355. The highest BCUT2D eigenvalue weighted by molar-refractivity contribution is 7.47. The van der Waals surface area contributed by atoms with Crippen molar-refractivity contribution in [3.05, 3.63) is 0 Å². The maximum absolute atomic E-state index is 10.2. The molecule has 1 aliphatic rings. The minimum atomic E-state index is -4.32. The lowest BCUT2D eigenvalue weighted by molar-refractivity contribution is -0.716. The van der Waals surface area contributed by atoms with Gasteiger partial charge in [-0.25, -0.2) is 4.57 Å². The second-order valence-electron chi connectivity index (χ2n) is 0.890. The first kappa shape index (κ1) is 13.5. The van der Waals surface area contributed by atoms with Crippen LogP contribution in [0.1, 0.15) is 0 Å². The summed E-state index contributed by atoms with van der Waals surface area (Å²) >= 11 is 0. The van der Waals surface area contributed by atoms with Gasteiger partial charge in [-0.3, -0.25) is 4.89 Å². The van der Waals surface area contributed by atoms with E-state index >= 15 is 0 Å². The zero-order chi connectivity index (χ0) is 6.74. The molecule has 7 N–H and O–H groups in total. The predicted molar refractivity (Wildman–Crippen MR) is 26.4 cm³/mol. The Morgan fingerprint density at radius 1 is 0.909 bits per heavy atom. The van der Waals surface area contributed by atoms with E-state index in [0.29, 0.717) is 0 Å². The number of hydrogen-bond donors (Lipinski definition) is 3. The zero-order valence-corrected chi connectivity index (χ0v) is 6.06. The van der Waals surface area contributed by atoms with Crippen LogP contribution in [0.15, 0.2) is 0 Å². The Bertz CT molecular complexity index is 122. The second kappa shape index (κ2) is 5.51. The fraction of sp³-hybridized carbons (Fsp3) is 0. The van der Waals surface area contributed by atoms with E-state index in [9.17, 15) is 4.57 Å². The van der Waals surface area contributed by atoms with Gasteiger partial charge in [-0.15, -0.1) is 0 Å². The molecule has 0 radical (unpaired) electrons. The van der Waals surface area contributed by atoms with Crippen LogP contribution in [-0.2, 0) is 34.1 Å². The normalized spacial score (nSPS) is 22.3. The Morgan fingerprint density at radius 3 is 1.64 bits per heavy atom. The molecule has 0 spiro atoms. The van der Waals surface area contributed by atoms with Crippen molar-refractivity contribution >= 4 is 7.82 Å². The molecule has 1 saturated heterocycles. The Balaban J connectivity index is 0. The van der Waals surface area contributed by atoms with Crippen LogP contribution in [0.3, 0.4) is 0 Å². The second-order valence-corrected chi connectivity index (χ2v) is 2.13. The molecule has 0 aromatic rings. The summed E-state index contributed by atoms with van der Waals surface area (Å²) in [4.78, 5) is 8.26. The van der Waals surface area contributed by atoms with Crippen LogP contribution in [0.4, 0.5) is 0 Å². The maximum Gasteiger partial charge on any atom is 0.531 e. The summed E-state index contributed by atoms with van der Waals surface area (Å²) in [5.74, 6) is 0. The molecular weight excluding hydrogens is 187 g/mol. The van der Waals surface area contributed by atoms with Gasteiger partial charge in [0.25, 0.3) is 0 Å². The van der Waals surface area contributed by atoms with Crippen molar-refractivity contribution < 1.29 is 39.0 Å². The lowest BCUT2D eigenvalue weighted by Crippen LogP contribution is -1.87. The van der Waals surface area contributed by atoms with E-state index < -0.39 is 7.82 Å². The molecule has 11 heteroatoms. The fourth-order valence-corrected chi connectivity index (χ4v) is 0.365. The summed E-state index contributed by atoms with van der Waals surface area (Å²) in [6.45, 7) is 0. The van der Waals surface area contributed by atoms with Crippen molar-refractivity contribution in [2.45, 2.75) is 0 Å². The van der Waals surface area contributed by atoms with Gasteiger partial charge in [0, 0.05) is 0 Å². The summed E-state index contributed by atoms with van der Waals surface area (Å²) in [5, 5.41) is 13.7. The summed E-state index contributed by atoms with van der Waals surface area (Å²) in [6.07, 6.45) is 0. The van der Waals surface area contributed by atoms with Crippen molar-refractivity contribution in [3.63, 3.8) is 0 Å². The molecule has 0 aromatic carbocycles. The molecule has 0 unspecified atom stereocenters. The van der Waals surface area contributed by atoms with E-state index in [0.717, 1.165) is 0 Å². The third-order valence-corrected chi connectivity index (χ3v) is 0.831. The standard InChI is InChI=1S/2H3N.HO8P/c;;1-9(2)7-5-3-4-6-8-9/h2*1H3;(H,1,2). The molecule has 1 fully saturated rings. The van der Waals surface area contributed by atoms with Crippen LogP contribution in [0.2, 0.25) is 0 Å². The van der Waals surface area contributed by atoms with E-state index in [1.165, 1.54) is 0 Å².